The lowest BCUT2D eigenvalue weighted by molar-refractivity contribution is 0.0214. The van der Waals surface area contributed by atoms with Crippen LogP contribution >= 0.6 is 0 Å². The van der Waals surface area contributed by atoms with Crippen molar-refractivity contribution in [1.29, 1.82) is 0 Å². The van der Waals surface area contributed by atoms with E-state index in [0.29, 0.717) is 19.1 Å². The number of piperidine rings is 1. The number of rotatable bonds is 6. The first kappa shape index (κ1) is 21.0. The van der Waals surface area contributed by atoms with E-state index in [0.717, 1.165) is 45.4 Å². The number of likely N-dealkylation sites (tertiary alicyclic amines) is 1. The molecule has 2 fully saturated rings. The van der Waals surface area contributed by atoms with Crippen LogP contribution in [-0.4, -0.2) is 91.8 Å². The van der Waals surface area contributed by atoms with Crippen LogP contribution in [0.15, 0.2) is 18.2 Å². The zero-order valence-corrected chi connectivity index (χ0v) is 16.9. The van der Waals surface area contributed by atoms with E-state index < -0.39 is 5.82 Å². The topological polar surface area (TPSA) is 56.2 Å². The second-order valence-corrected chi connectivity index (χ2v) is 7.89. The summed E-state index contributed by atoms with van der Waals surface area (Å²) >= 11 is 0. The largest absolute Gasteiger partial charge is 0.496 e. The predicted octanol–water partition coefficient (Wildman–Crippen LogP) is 1.68. The van der Waals surface area contributed by atoms with Gasteiger partial charge in [0, 0.05) is 51.9 Å². The fraction of sp³-hybridized carbons (Fsp3) is 0.667. The predicted molar refractivity (Wildman–Crippen MR) is 106 cm³/mol. The van der Waals surface area contributed by atoms with Gasteiger partial charge in [0.2, 0.25) is 0 Å². The van der Waals surface area contributed by atoms with Crippen molar-refractivity contribution in [3.05, 3.63) is 29.6 Å². The first-order valence-electron chi connectivity index (χ1n) is 10.2. The Morgan fingerprint density at radius 2 is 2.00 bits per heavy atom. The summed E-state index contributed by atoms with van der Waals surface area (Å²) in [4.78, 5) is 19.7. The summed E-state index contributed by atoms with van der Waals surface area (Å²) in [6.45, 7) is 5.53. The van der Waals surface area contributed by atoms with Crippen molar-refractivity contribution in [3.8, 4) is 5.75 Å². The van der Waals surface area contributed by atoms with Crippen molar-refractivity contribution in [2.75, 3.05) is 60.0 Å². The quantitative estimate of drug-likeness (QED) is 0.797. The van der Waals surface area contributed by atoms with E-state index in [1.54, 1.807) is 17.0 Å². The smallest absolute Gasteiger partial charge is 0.260 e. The molecule has 0 aromatic heterocycles. The molecule has 1 aromatic rings. The molecule has 2 aliphatic rings. The number of nitrogens with zero attached hydrogens (tertiary/aromatic N) is 3. The molecule has 2 atom stereocenters. The van der Waals surface area contributed by atoms with E-state index >= 15 is 0 Å². The summed E-state index contributed by atoms with van der Waals surface area (Å²) in [5.41, 5.74) is 0.0176. The lowest BCUT2D eigenvalue weighted by atomic mass is 9.86. The number of amides is 1. The second kappa shape index (κ2) is 9.67. The molecule has 156 valence electrons. The number of piperazine rings is 1. The maximum absolute atomic E-state index is 14.4. The summed E-state index contributed by atoms with van der Waals surface area (Å²) in [7, 11) is 3.60. The SMILES string of the molecule is COc1cccc(F)c1C(=O)N1CC[C@@H](N2CCN(C)CC2)[C@@H](CCCO)C1. The van der Waals surface area contributed by atoms with Gasteiger partial charge in [-0.15, -0.1) is 0 Å². The van der Waals surface area contributed by atoms with Gasteiger partial charge in [-0.1, -0.05) is 6.07 Å². The molecule has 6 nitrogen and oxygen atoms in total. The fourth-order valence-electron chi connectivity index (χ4n) is 4.52. The second-order valence-electron chi connectivity index (χ2n) is 7.89. The summed E-state index contributed by atoms with van der Waals surface area (Å²) in [5.74, 6) is -0.289. The number of benzene rings is 1. The Morgan fingerprint density at radius 1 is 1.25 bits per heavy atom. The average molecular weight is 394 g/mol. The average Bonchev–Trinajstić information content (AvgIpc) is 2.72. The van der Waals surface area contributed by atoms with E-state index in [1.807, 2.05) is 0 Å². The van der Waals surface area contributed by atoms with Crippen molar-refractivity contribution in [1.82, 2.24) is 14.7 Å². The zero-order valence-electron chi connectivity index (χ0n) is 16.9. The number of aliphatic hydroxyl groups excluding tert-OH is 1. The molecule has 7 heteroatoms. The minimum absolute atomic E-state index is 0.0176. The molecule has 1 N–H and O–H groups in total. The van der Waals surface area contributed by atoms with Crippen molar-refractivity contribution in [2.24, 2.45) is 5.92 Å². The highest BCUT2D eigenvalue weighted by Crippen LogP contribution is 2.30. The molecule has 2 saturated heterocycles. The highest BCUT2D eigenvalue weighted by molar-refractivity contribution is 5.97. The number of hydrogen-bond acceptors (Lipinski definition) is 5. The third-order valence-electron chi connectivity index (χ3n) is 6.13. The van der Waals surface area contributed by atoms with Crippen molar-refractivity contribution < 1.29 is 19.0 Å². The Morgan fingerprint density at radius 3 is 2.68 bits per heavy atom. The Hall–Kier alpha value is -1.70. The fourth-order valence-corrected chi connectivity index (χ4v) is 4.52. The van der Waals surface area contributed by atoms with Crippen LogP contribution in [0, 0.1) is 11.7 Å². The number of carbonyl (C=O) groups excluding carboxylic acids is 1. The third kappa shape index (κ3) is 4.64. The van der Waals surface area contributed by atoms with Crippen LogP contribution in [-0.2, 0) is 0 Å². The van der Waals surface area contributed by atoms with Crippen LogP contribution in [0.1, 0.15) is 29.6 Å². The maximum atomic E-state index is 14.4. The number of methoxy groups -OCH3 is 1. The van der Waals surface area contributed by atoms with E-state index in [-0.39, 0.29) is 29.7 Å². The number of ether oxygens (including phenoxy) is 1. The molecule has 1 amide bonds. The van der Waals surface area contributed by atoms with E-state index in [4.69, 9.17) is 4.74 Å². The monoisotopic (exact) mass is 393 g/mol. The summed E-state index contributed by atoms with van der Waals surface area (Å²) < 4.78 is 19.6. The normalized spacial score (nSPS) is 24.4. The van der Waals surface area contributed by atoms with Gasteiger partial charge in [-0.05, 0) is 44.4 Å². The molecule has 2 aliphatic heterocycles. The molecule has 0 aliphatic carbocycles. The molecule has 0 unspecified atom stereocenters. The Balaban J connectivity index is 1.74. The molecule has 28 heavy (non-hydrogen) atoms. The number of halogens is 1. The minimum Gasteiger partial charge on any atom is -0.496 e. The maximum Gasteiger partial charge on any atom is 0.260 e. The van der Waals surface area contributed by atoms with Crippen LogP contribution in [0.4, 0.5) is 4.39 Å². The molecule has 0 saturated carbocycles. The van der Waals surface area contributed by atoms with Gasteiger partial charge in [0.05, 0.1) is 7.11 Å². The van der Waals surface area contributed by atoms with Gasteiger partial charge in [-0.25, -0.2) is 4.39 Å². The Labute approximate surface area is 166 Å². The zero-order chi connectivity index (χ0) is 20.1. The number of carbonyl (C=O) groups is 1. The summed E-state index contributed by atoms with van der Waals surface area (Å²) in [5, 5.41) is 9.32. The van der Waals surface area contributed by atoms with Crippen LogP contribution < -0.4 is 4.74 Å². The van der Waals surface area contributed by atoms with Crippen LogP contribution in [0.25, 0.3) is 0 Å². The molecule has 1 aromatic carbocycles. The van der Waals surface area contributed by atoms with Gasteiger partial charge in [0.25, 0.3) is 5.91 Å². The lowest BCUT2D eigenvalue weighted by Gasteiger charge is -2.46. The van der Waals surface area contributed by atoms with Crippen LogP contribution in [0.2, 0.25) is 0 Å². The van der Waals surface area contributed by atoms with Gasteiger partial charge in [0.1, 0.15) is 17.1 Å². The van der Waals surface area contributed by atoms with Crippen molar-refractivity contribution in [3.63, 3.8) is 0 Å². The standard InChI is InChI=1S/C21H32FN3O3/c1-23-10-12-24(13-11-23)18-8-9-25(15-16(18)5-4-14-26)21(27)20-17(22)6-3-7-19(20)28-2/h3,6-7,16,18,26H,4-5,8-15H2,1-2H3/t16-,18+/m0/s1. The molecular weight excluding hydrogens is 361 g/mol. The van der Waals surface area contributed by atoms with E-state index in [1.165, 1.54) is 13.2 Å². The van der Waals surface area contributed by atoms with Gasteiger partial charge >= 0.3 is 0 Å². The third-order valence-corrected chi connectivity index (χ3v) is 6.13. The molecule has 0 spiro atoms. The Kier molecular flexibility index (Phi) is 7.26. The highest BCUT2D eigenvalue weighted by Gasteiger charge is 2.36. The highest BCUT2D eigenvalue weighted by atomic mass is 19.1. The molecule has 3 rings (SSSR count). The van der Waals surface area contributed by atoms with Gasteiger partial charge < -0.3 is 19.6 Å². The first-order chi connectivity index (χ1) is 13.5. The van der Waals surface area contributed by atoms with Gasteiger partial charge in [-0.3, -0.25) is 9.69 Å². The summed E-state index contributed by atoms with van der Waals surface area (Å²) in [6, 6.07) is 4.88. The molecular formula is C21H32FN3O3. The Bertz CT molecular complexity index is 664. The molecule has 0 bridgehead atoms. The number of hydrogen-bond donors (Lipinski definition) is 1. The van der Waals surface area contributed by atoms with E-state index in [9.17, 15) is 14.3 Å². The van der Waals surface area contributed by atoms with Gasteiger partial charge in [-0.2, -0.15) is 0 Å². The number of aliphatic hydroxyl groups is 1. The molecule has 2 heterocycles. The minimum atomic E-state index is -0.544. The van der Waals surface area contributed by atoms with Crippen LogP contribution in [0.5, 0.6) is 5.75 Å². The van der Waals surface area contributed by atoms with Gasteiger partial charge in [0.15, 0.2) is 0 Å². The van der Waals surface area contributed by atoms with Crippen molar-refractivity contribution in [2.45, 2.75) is 25.3 Å². The molecule has 0 radical (unpaired) electrons. The van der Waals surface area contributed by atoms with E-state index in [2.05, 4.69) is 16.8 Å². The van der Waals surface area contributed by atoms with Crippen molar-refractivity contribution >= 4 is 5.91 Å². The summed E-state index contributed by atoms with van der Waals surface area (Å²) in [6.07, 6.45) is 2.47. The lowest BCUT2D eigenvalue weighted by Crippen LogP contribution is -2.57. The first-order valence-corrected chi connectivity index (χ1v) is 10.2. The number of likely N-dealkylation sites (N-methyl/N-ethyl adjacent to an activating group) is 1. The van der Waals surface area contributed by atoms with Crippen LogP contribution in [0.3, 0.4) is 0 Å².